The normalized spacial score (nSPS) is 10.5. The first kappa shape index (κ1) is 13.7. The van der Waals surface area contributed by atoms with Gasteiger partial charge >= 0.3 is 0 Å². The molecule has 0 amide bonds. The number of aromatic nitrogens is 2. The van der Waals surface area contributed by atoms with E-state index in [1.165, 1.54) is 13.2 Å². The summed E-state index contributed by atoms with van der Waals surface area (Å²) in [6, 6.07) is 1.92. The fraction of sp³-hybridized carbons (Fsp3) is 0.667. The first-order chi connectivity index (χ1) is 8.19. The van der Waals surface area contributed by atoms with Crippen molar-refractivity contribution in [2.75, 3.05) is 20.2 Å². The van der Waals surface area contributed by atoms with Crippen LogP contribution in [0.4, 0.5) is 0 Å². The number of aryl methyl sites for hydroxylation is 1. The second kappa shape index (κ2) is 7.06. The fourth-order valence-corrected chi connectivity index (χ4v) is 1.62. The van der Waals surface area contributed by atoms with Crippen molar-refractivity contribution in [3.8, 4) is 6.01 Å². The standard InChI is InChI=1S/C12H21N3O2/c1-4-6-13-7-5-8-15-11(16)9-10(2)14-12(15)17-3/h9,13H,4-8H2,1-3H3. The van der Waals surface area contributed by atoms with Crippen LogP contribution in [0.2, 0.25) is 0 Å². The number of nitrogens with one attached hydrogen (secondary N) is 1. The molecule has 1 rings (SSSR count). The Kier molecular flexibility index (Phi) is 5.69. The van der Waals surface area contributed by atoms with Gasteiger partial charge in [-0.25, -0.2) is 4.98 Å². The van der Waals surface area contributed by atoms with Crippen LogP contribution in [0.5, 0.6) is 6.01 Å². The Balaban J connectivity index is 2.61. The minimum atomic E-state index is -0.0511. The fourth-order valence-electron chi connectivity index (χ4n) is 1.62. The minimum absolute atomic E-state index is 0.0511. The van der Waals surface area contributed by atoms with Gasteiger partial charge in [-0.05, 0) is 32.9 Å². The van der Waals surface area contributed by atoms with E-state index in [1.807, 2.05) is 0 Å². The molecule has 0 atom stereocenters. The summed E-state index contributed by atoms with van der Waals surface area (Å²) >= 11 is 0. The monoisotopic (exact) mass is 239 g/mol. The molecule has 1 aromatic rings. The van der Waals surface area contributed by atoms with Crippen molar-refractivity contribution in [2.24, 2.45) is 0 Å². The van der Waals surface area contributed by atoms with Gasteiger partial charge in [0.1, 0.15) is 0 Å². The van der Waals surface area contributed by atoms with Gasteiger partial charge in [0.25, 0.3) is 11.6 Å². The van der Waals surface area contributed by atoms with Crippen LogP contribution >= 0.6 is 0 Å². The maximum absolute atomic E-state index is 11.8. The lowest BCUT2D eigenvalue weighted by Crippen LogP contribution is -2.25. The van der Waals surface area contributed by atoms with Crippen LogP contribution in [0.15, 0.2) is 10.9 Å². The third-order valence-corrected chi connectivity index (χ3v) is 2.45. The number of hydrogen-bond donors (Lipinski definition) is 1. The molecule has 0 aliphatic heterocycles. The molecule has 17 heavy (non-hydrogen) atoms. The summed E-state index contributed by atoms with van der Waals surface area (Å²) in [4.78, 5) is 16.0. The smallest absolute Gasteiger partial charge is 0.299 e. The van der Waals surface area contributed by atoms with Gasteiger partial charge < -0.3 is 10.1 Å². The Labute approximate surface area is 102 Å². The molecule has 0 unspecified atom stereocenters. The predicted octanol–water partition coefficient (Wildman–Crippen LogP) is 0.950. The van der Waals surface area contributed by atoms with Gasteiger partial charge in [0.05, 0.1) is 7.11 Å². The largest absolute Gasteiger partial charge is 0.468 e. The molecule has 1 N–H and O–H groups in total. The SMILES string of the molecule is CCCNCCCn1c(OC)nc(C)cc1=O. The molecule has 96 valence electrons. The van der Waals surface area contributed by atoms with Crippen molar-refractivity contribution in [3.05, 3.63) is 22.1 Å². The lowest BCUT2D eigenvalue weighted by atomic mass is 10.3. The average molecular weight is 239 g/mol. The molecule has 0 aromatic carbocycles. The van der Waals surface area contributed by atoms with Gasteiger partial charge in [-0.2, -0.15) is 0 Å². The zero-order valence-corrected chi connectivity index (χ0v) is 10.8. The van der Waals surface area contributed by atoms with Gasteiger partial charge in [-0.1, -0.05) is 6.92 Å². The van der Waals surface area contributed by atoms with Crippen LogP contribution in [0.1, 0.15) is 25.5 Å². The van der Waals surface area contributed by atoms with E-state index in [9.17, 15) is 4.79 Å². The van der Waals surface area contributed by atoms with Gasteiger partial charge in [0, 0.05) is 18.3 Å². The van der Waals surface area contributed by atoms with Crippen LogP contribution in [0.3, 0.4) is 0 Å². The van der Waals surface area contributed by atoms with E-state index >= 15 is 0 Å². The van der Waals surface area contributed by atoms with E-state index in [0.717, 1.165) is 25.9 Å². The number of methoxy groups -OCH3 is 1. The van der Waals surface area contributed by atoms with Gasteiger partial charge in [-0.3, -0.25) is 9.36 Å². The summed E-state index contributed by atoms with van der Waals surface area (Å²) in [5.74, 6) is 0. The van der Waals surface area contributed by atoms with E-state index in [1.54, 1.807) is 11.5 Å². The van der Waals surface area contributed by atoms with E-state index in [2.05, 4.69) is 17.2 Å². The zero-order chi connectivity index (χ0) is 12.7. The molecular formula is C12H21N3O2. The number of hydrogen-bond acceptors (Lipinski definition) is 4. The molecule has 1 aromatic heterocycles. The highest BCUT2D eigenvalue weighted by Crippen LogP contribution is 2.04. The molecule has 0 saturated carbocycles. The van der Waals surface area contributed by atoms with Crippen LogP contribution in [-0.2, 0) is 6.54 Å². The second-order valence-corrected chi connectivity index (χ2v) is 3.98. The number of rotatable bonds is 7. The maximum atomic E-state index is 11.8. The van der Waals surface area contributed by atoms with E-state index in [4.69, 9.17) is 4.74 Å². The average Bonchev–Trinajstić information content (AvgIpc) is 2.30. The highest BCUT2D eigenvalue weighted by atomic mass is 16.5. The van der Waals surface area contributed by atoms with Crippen molar-refractivity contribution < 1.29 is 4.74 Å². The first-order valence-electron chi connectivity index (χ1n) is 6.02. The summed E-state index contributed by atoms with van der Waals surface area (Å²) in [7, 11) is 1.53. The van der Waals surface area contributed by atoms with Gasteiger partial charge in [-0.15, -0.1) is 0 Å². The Hall–Kier alpha value is -1.36. The third kappa shape index (κ3) is 4.19. The molecule has 5 heteroatoms. The molecule has 0 spiro atoms. The predicted molar refractivity (Wildman–Crippen MR) is 67.6 cm³/mol. The van der Waals surface area contributed by atoms with Crippen molar-refractivity contribution in [2.45, 2.75) is 33.2 Å². The molecule has 0 saturated heterocycles. The summed E-state index contributed by atoms with van der Waals surface area (Å²) in [5.41, 5.74) is 0.636. The van der Waals surface area contributed by atoms with Crippen molar-refractivity contribution >= 4 is 0 Å². The van der Waals surface area contributed by atoms with Crippen LogP contribution in [0, 0.1) is 6.92 Å². The van der Waals surface area contributed by atoms with Crippen LogP contribution in [-0.4, -0.2) is 29.8 Å². The van der Waals surface area contributed by atoms with Crippen molar-refractivity contribution in [3.63, 3.8) is 0 Å². The Morgan fingerprint density at radius 3 is 2.88 bits per heavy atom. The molecular weight excluding hydrogens is 218 g/mol. The molecule has 0 aliphatic rings. The second-order valence-electron chi connectivity index (χ2n) is 3.98. The highest BCUT2D eigenvalue weighted by Gasteiger charge is 2.06. The van der Waals surface area contributed by atoms with E-state index in [0.29, 0.717) is 18.2 Å². The molecule has 0 radical (unpaired) electrons. The Morgan fingerprint density at radius 2 is 2.24 bits per heavy atom. The highest BCUT2D eigenvalue weighted by molar-refractivity contribution is 5.06. The molecule has 1 heterocycles. The quantitative estimate of drug-likeness (QED) is 0.720. The number of ether oxygens (including phenoxy) is 1. The summed E-state index contributed by atoms with van der Waals surface area (Å²) < 4.78 is 6.69. The summed E-state index contributed by atoms with van der Waals surface area (Å²) in [6.07, 6.45) is 2.01. The van der Waals surface area contributed by atoms with Crippen molar-refractivity contribution in [1.82, 2.24) is 14.9 Å². The lowest BCUT2D eigenvalue weighted by molar-refractivity contribution is 0.341. The van der Waals surface area contributed by atoms with Gasteiger partial charge in [0.15, 0.2) is 0 Å². The molecule has 0 aliphatic carbocycles. The molecule has 0 fully saturated rings. The van der Waals surface area contributed by atoms with Crippen LogP contribution < -0.4 is 15.6 Å². The number of nitrogens with zero attached hydrogens (tertiary/aromatic N) is 2. The van der Waals surface area contributed by atoms with E-state index in [-0.39, 0.29) is 5.56 Å². The molecule has 5 nitrogen and oxygen atoms in total. The Morgan fingerprint density at radius 1 is 1.47 bits per heavy atom. The molecule has 0 bridgehead atoms. The van der Waals surface area contributed by atoms with Gasteiger partial charge in [0.2, 0.25) is 0 Å². The summed E-state index contributed by atoms with van der Waals surface area (Å²) in [6.45, 7) is 6.46. The van der Waals surface area contributed by atoms with Crippen molar-refractivity contribution in [1.29, 1.82) is 0 Å². The van der Waals surface area contributed by atoms with E-state index < -0.39 is 0 Å². The lowest BCUT2D eigenvalue weighted by Gasteiger charge is -2.10. The third-order valence-electron chi connectivity index (χ3n) is 2.45. The minimum Gasteiger partial charge on any atom is -0.468 e. The topological polar surface area (TPSA) is 56.1 Å². The van der Waals surface area contributed by atoms with Crippen LogP contribution in [0.25, 0.3) is 0 Å². The summed E-state index contributed by atoms with van der Waals surface area (Å²) in [5, 5.41) is 3.30. The maximum Gasteiger partial charge on any atom is 0.299 e. The first-order valence-corrected chi connectivity index (χ1v) is 6.02. The Bertz CT molecular complexity index is 401. The zero-order valence-electron chi connectivity index (χ0n) is 10.8.